The standard InChI is InChI=1S/C18H28N2O2/c1-12(2)14-8-10-15(11-9-14)20(7)16(21)13(3)19-17(22)18(4,5)6/h8-13H,1-7H3,(H,19,22)/t13-/m1/s1. The van der Waals surface area contributed by atoms with E-state index in [4.69, 9.17) is 0 Å². The highest BCUT2D eigenvalue weighted by atomic mass is 16.2. The minimum absolute atomic E-state index is 0.128. The molecule has 2 amide bonds. The number of nitrogens with zero attached hydrogens (tertiary/aromatic N) is 1. The fourth-order valence-corrected chi connectivity index (χ4v) is 1.98. The Hall–Kier alpha value is -1.84. The SMILES string of the molecule is CC(C)c1ccc(N(C)C(=O)[C@@H](C)NC(=O)C(C)(C)C)cc1. The summed E-state index contributed by atoms with van der Waals surface area (Å²) in [5, 5.41) is 2.77. The zero-order chi connectivity index (χ0) is 17.1. The van der Waals surface area contributed by atoms with Crippen LogP contribution in [0, 0.1) is 5.41 Å². The van der Waals surface area contributed by atoms with E-state index in [1.807, 2.05) is 45.0 Å². The van der Waals surface area contributed by atoms with Crippen molar-refractivity contribution in [1.29, 1.82) is 0 Å². The quantitative estimate of drug-likeness (QED) is 0.927. The van der Waals surface area contributed by atoms with Gasteiger partial charge in [0, 0.05) is 18.2 Å². The van der Waals surface area contributed by atoms with E-state index in [0.717, 1.165) is 5.69 Å². The Morgan fingerprint density at radius 1 is 1.05 bits per heavy atom. The predicted octanol–water partition coefficient (Wildman–Crippen LogP) is 3.32. The zero-order valence-electron chi connectivity index (χ0n) is 14.7. The number of carbonyl (C=O) groups is 2. The Balaban J connectivity index is 2.77. The molecular weight excluding hydrogens is 276 g/mol. The smallest absolute Gasteiger partial charge is 0.249 e. The molecule has 0 aliphatic carbocycles. The Bertz CT molecular complexity index is 527. The van der Waals surface area contributed by atoms with Crippen molar-refractivity contribution >= 4 is 17.5 Å². The summed E-state index contributed by atoms with van der Waals surface area (Å²) in [7, 11) is 1.73. The number of anilines is 1. The maximum absolute atomic E-state index is 12.4. The van der Waals surface area contributed by atoms with Crippen molar-refractivity contribution in [2.45, 2.75) is 53.5 Å². The first-order valence-corrected chi connectivity index (χ1v) is 7.72. The molecule has 0 radical (unpaired) electrons. The molecule has 1 rings (SSSR count). The number of hydrogen-bond donors (Lipinski definition) is 1. The highest BCUT2D eigenvalue weighted by molar-refractivity contribution is 5.99. The van der Waals surface area contributed by atoms with Crippen molar-refractivity contribution in [3.63, 3.8) is 0 Å². The van der Waals surface area contributed by atoms with Gasteiger partial charge < -0.3 is 10.2 Å². The first-order chi connectivity index (χ1) is 10.0. The summed E-state index contributed by atoms with van der Waals surface area (Å²) in [6.45, 7) is 11.5. The minimum Gasteiger partial charge on any atom is -0.344 e. The Morgan fingerprint density at radius 3 is 1.95 bits per heavy atom. The van der Waals surface area contributed by atoms with Crippen LogP contribution in [0.3, 0.4) is 0 Å². The zero-order valence-corrected chi connectivity index (χ0v) is 14.7. The van der Waals surface area contributed by atoms with Crippen molar-refractivity contribution < 1.29 is 9.59 Å². The number of amides is 2. The van der Waals surface area contributed by atoms with Crippen molar-refractivity contribution in [3.05, 3.63) is 29.8 Å². The fourth-order valence-electron chi connectivity index (χ4n) is 1.98. The van der Waals surface area contributed by atoms with Crippen LogP contribution in [0.1, 0.15) is 53.0 Å². The maximum Gasteiger partial charge on any atom is 0.249 e. The van der Waals surface area contributed by atoms with E-state index >= 15 is 0 Å². The lowest BCUT2D eigenvalue weighted by atomic mass is 9.95. The number of nitrogens with one attached hydrogen (secondary N) is 1. The number of likely N-dealkylation sites (N-methyl/N-ethyl adjacent to an activating group) is 1. The van der Waals surface area contributed by atoms with Crippen LogP contribution in [0.2, 0.25) is 0 Å². The van der Waals surface area contributed by atoms with Crippen LogP contribution < -0.4 is 10.2 Å². The van der Waals surface area contributed by atoms with E-state index in [9.17, 15) is 9.59 Å². The van der Waals surface area contributed by atoms with Gasteiger partial charge in [0.2, 0.25) is 11.8 Å². The van der Waals surface area contributed by atoms with E-state index in [0.29, 0.717) is 5.92 Å². The molecule has 22 heavy (non-hydrogen) atoms. The molecule has 0 fully saturated rings. The molecule has 0 saturated carbocycles. The van der Waals surface area contributed by atoms with Crippen molar-refractivity contribution in [3.8, 4) is 0 Å². The number of carbonyl (C=O) groups excluding carboxylic acids is 2. The molecule has 1 atom stereocenters. The lowest BCUT2D eigenvalue weighted by Crippen LogP contribution is -2.48. The molecule has 0 saturated heterocycles. The summed E-state index contributed by atoms with van der Waals surface area (Å²) in [4.78, 5) is 26.0. The van der Waals surface area contributed by atoms with Crippen LogP contribution in [0.5, 0.6) is 0 Å². The molecule has 4 heteroatoms. The van der Waals surface area contributed by atoms with Gasteiger partial charge in [0.1, 0.15) is 6.04 Å². The third-order valence-electron chi connectivity index (χ3n) is 3.68. The predicted molar refractivity (Wildman–Crippen MR) is 91.0 cm³/mol. The van der Waals surface area contributed by atoms with Crippen molar-refractivity contribution in [1.82, 2.24) is 5.32 Å². The molecule has 122 valence electrons. The third kappa shape index (κ3) is 4.58. The first kappa shape index (κ1) is 18.2. The lowest BCUT2D eigenvalue weighted by Gasteiger charge is -2.25. The number of benzene rings is 1. The molecule has 0 heterocycles. The topological polar surface area (TPSA) is 49.4 Å². The highest BCUT2D eigenvalue weighted by Gasteiger charge is 2.26. The van der Waals surface area contributed by atoms with Gasteiger partial charge in [0.25, 0.3) is 0 Å². The average molecular weight is 304 g/mol. The first-order valence-electron chi connectivity index (χ1n) is 7.72. The molecule has 0 spiro atoms. The second-order valence-electron chi connectivity index (χ2n) is 7.09. The molecule has 0 aliphatic heterocycles. The molecule has 0 bridgehead atoms. The second kappa shape index (κ2) is 6.95. The van der Waals surface area contributed by atoms with Gasteiger partial charge >= 0.3 is 0 Å². The normalized spacial score (nSPS) is 12.9. The molecular formula is C18H28N2O2. The van der Waals surface area contributed by atoms with Crippen molar-refractivity contribution in [2.75, 3.05) is 11.9 Å². The highest BCUT2D eigenvalue weighted by Crippen LogP contribution is 2.20. The second-order valence-corrected chi connectivity index (χ2v) is 7.09. The van der Waals surface area contributed by atoms with Crippen LogP contribution in [0.25, 0.3) is 0 Å². The molecule has 0 aromatic heterocycles. The maximum atomic E-state index is 12.4. The van der Waals surface area contributed by atoms with Gasteiger partial charge in [-0.15, -0.1) is 0 Å². The summed E-state index contributed by atoms with van der Waals surface area (Å²) in [5.41, 5.74) is 1.55. The number of hydrogen-bond acceptors (Lipinski definition) is 2. The third-order valence-corrected chi connectivity index (χ3v) is 3.68. The molecule has 4 nitrogen and oxygen atoms in total. The Kier molecular flexibility index (Phi) is 5.75. The average Bonchev–Trinajstić information content (AvgIpc) is 2.44. The molecule has 1 N–H and O–H groups in total. The Morgan fingerprint density at radius 2 is 1.55 bits per heavy atom. The van der Waals surface area contributed by atoms with Crippen molar-refractivity contribution in [2.24, 2.45) is 5.41 Å². The summed E-state index contributed by atoms with van der Waals surface area (Å²) < 4.78 is 0. The van der Waals surface area contributed by atoms with Gasteiger partial charge in [-0.05, 0) is 30.5 Å². The summed E-state index contributed by atoms with van der Waals surface area (Å²) in [6, 6.07) is 7.38. The van der Waals surface area contributed by atoms with Crippen LogP contribution >= 0.6 is 0 Å². The molecule has 1 aromatic carbocycles. The summed E-state index contributed by atoms with van der Waals surface area (Å²) >= 11 is 0. The van der Waals surface area contributed by atoms with E-state index in [1.165, 1.54) is 5.56 Å². The van der Waals surface area contributed by atoms with Crippen LogP contribution in [0.15, 0.2) is 24.3 Å². The van der Waals surface area contributed by atoms with Gasteiger partial charge in [-0.2, -0.15) is 0 Å². The van der Waals surface area contributed by atoms with E-state index in [-0.39, 0.29) is 11.8 Å². The monoisotopic (exact) mass is 304 g/mol. The van der Waals surface area contributed by atoms with Gasteiger partial charge in [0.15, 0.2) is 0 Å². The van der Waals surface area contributed by atoms with Gasteiger partial charge in [-0.3, -0.25) is 9.59 Å². The largest absolute Gasteiger partial charge is 0.344 e. The molecule has 0 aliphatic rings. The fraction of sp³-hybridized carbons (Fsp3) is 0.556. The van der Waals surface area contributed by atoms with Crippen LogP contribution in [0.4, 0.5) is 5.69 Å². The lowest BCUT2D eigenvalue weighted by molar-refractivity contribution is -0.132. The van der Waals surface area contributed by atoms with E-state index in [2.05, 4.69) is 19.2 Å². The molecule has 0 unspecified atom stereocenters. The van der Waals surface area contributed by atoms with Gasteiger partial charge in [0.05, 0.1) is 0 Å². The summed E-state index contributed by atoms with van der Waals surface area (Å²) in [5.74, 6) is 0.201. The van der Waals surface area contributed by atoms with E-state index in [1.54, 1.807) is 18.9 Å². The van der Waals surface area contributed by atoms with Gasteiger partial charge in [-0.1, -0.05) is 46.8 Å². The number of rotatable bonds is 4. The Labute approximate surface area is 133 Å². The molecule has 1 aromatic rings. The summed E-state index contributed by atoms with van der Waals surface area (Å²) in [6.07, 6.45) is 0. The minimum atomic E-state index is -0.554. The van der Waals surface area contributed by atoms with Crippen LogP contribution in [-0.4, -0.2) is 24.9 Å². The van der Waals surface area contributed by atoms with E-state index < -0.39 is 11.5 Å². The van der Waals surface area contributed by atoms with Gasteiger partial charge in [-0.25, -0.2) is 0 Å². The van der Waals surface area contributed by atoms with Crippen LogP contribution in [-0.2, 0) is 9.59 Å².